The molecule has 0 aromatic heterocycles. The standard InChI is InChI=1S/C21H29N3O6S2/c1-16-6-8-18(9-7-16)24(31(5,26)27)17(2)21(25)22-14-15-30-19-10-12-20(13-11-19)32(28,29)23(3)4/h6-13,17H,14-15H2,1-5H3,(H,22,25). The lowest BCUT2D eigenvalue weighted by Gasteiger charge is -2.28. The molecule has 0 saturated heterocycles. The lowest BCUT2D eigenvalue weighted by molar-refractivity contribution is -0.121. The van der Waals surface area contributed by atoms with Gasteiger partial charge in [0.25, 0.3) is 0 Å². The van der Waals surface area contributed by atoms with Gasteiger partial charge in [-0.25, -0.2) is 21.1 Å². The Bertz CT molecular complexity index is 1130. The summed E-state index contributed by atoms with van der Waals surface area (Å²) in [5, 5.41) is 2.66. The van der Waals surface area contributed by atoms with Crippen LogP contribution in [0.3, 0.4) is 0 Å². The first-order chi connectivity index (χ1) is 14.8. The van der Waals surface area contributed by atoms with E-state index in [0.29, 0.717) is 11.4 Å². The molecule has 0 aliphatic rings. The van der Waals surface area contributed by atoms with E-state index in [1.807, 2.05) is 6.92 Å². The average molecular weight is 484 g/mol. The second-order valence-electron chi connectivity index (χ2n) is 7.47. The van der Waals surface area contributed by atoms with Gasteiger partial charge >= 0.3 is 0 Å². The monoisotopic (exact) mass is 483 g/mol. The Hall–Kier alpha value is -2.63. The third kappa shape index (κ3) is 6.44. The number of carbonyl (C=O) groups excluding carboxylic acids is 1. The van der Waals surface area contributed by atoms with Crippen molar-refractivity contribution in [1.29, 1.82) is 0 Å². The molecule has 32 heavy (non-hydrogen) atoms. The molecule has 0 aliphatic heterocycles. The number of nitrogens with one attached hydrogen (secondary N) is 1. The number of anilines is 1. The SMILES string of the molecule is Cc1ccc(N(C(C)C(=O)NCCOc2ccc(S(=O)(=O)N(C)C)cc2)S(C)(=O)=O)cc1. The van der Waals surface area contributed by atoms with E-state index < -0.39 is 32.0 Å². The number of ether oxygens (including phenoxy) is 1. The lowest BCUT2D eigenvalue weighted by atomic mass is 10.2. The molecule has 176 valence electrons. The van der Waals surface area contributed by atoms with Crippen molar-refractivity contribution in [3.8, 4) is 5.75 Å². The zero-order valence-corrected chi connectivity index (χ0v) is 20.4. The summed E-state index contributed by atoms with van der Waals surface area (Å²) in [6, 6.07) is 11.9. The summed E-state index contributed by atoms with van der Waals surface area (Å²) in [6.07, 6.45) is 1.06. The Kier molecular flexibility index (Phi) is 8.27. The van der Waals surface area contributed by atoms with Crippen LogP contribution in [-0.4, -0.2) is 66.6 Å². The summed E-state index contributed by atoms with van der Waals surface area (Å²) < 4.78 is 56.5. The van der Waals surface area contributed by atoms with Crippen molar-refractivity contribution < 1.29 is 26.4 Å². The smallest absolute Gasteiger partial charge is 0.243 e. The first-order valence-electron chi connectivity index (χ1n) is 9.83. The van der Waals surface area contributed by atoms with E-state index in [9.17, 15) is 21.6 Å². The number of hydrogen-bond donors (Lipinski definition) is 1. The summed E-state index contributed by atoms with van der Waals surface area (Å²) in [5.41, 5.74) is 1.38. The predicted octanol–water partition coefficient (Wildman–Crippen LogP) is 1.60. The summed E-state index contributed by atoms with van der Waals surface area (Å²) in [6.45, 7) is 3.68. The van der Waals surface area contributed by atoms with Gasteiger partial charge in [0.05, 0.1) is 23.4 Å². The molecule has 0 spiro atoms. The van der Waals surface area contributed by atoms with Gasteiger partial charge in [0, 0.05) is 14.1 Å². The highest BCUT2D eigenvalue weighted by Crippen LogP contribution is 2.21. The van der Waals surface area contributed by atoms with E-state index in [1.165, 1.54) is 45.3 Å². The van der Waals surface area contributed by atoms with E-state index in [-0.39, 0.29) is 18.0 Å². The van der Waals surface area contributed by atoms with Crippen LogP contribution in [0.15, 0.2) is 53.4 Å². The molecule has 9 nitrogen and oxygen atoms in total. The molecule has 2 rings (SSSR count). The molecular weight excluding hydrogens is 454 g/mol. The number of amides is 1. The van der Waals surface area contributed by atoms with Crippen LogP contribution >= 0.6 is 0 Å². The van der Waals surface area contributed by atoms with Gasteiger partial charge in [-0.3, -0.25) is 9.10 Å². The molecule has 1 N–H and O–H groups in total. The number of nitrogens with zero attached hydrogens (tertiary/aromatic N) is 2. The minimum Gasteiger partial charge on any atom is -0.492 e. The summed E-state index contributed by atoms with van der Waals surface area (Å²) in [7, 11) is -4.30. The highest BCUT2D eigenvalue weighted by Gasteiger charge is 2.28. The number of carbonyl (C=O) groups is 1. The normalized spacial score (nSPS) is 12.9. The number of rotatable bonds is 10. The molecule has 1 unspecified atom stereocenters. The Labute approximate surface area is 190 Å². The zero-order valence-electron chi connectivity index (χ0n) is 18.8. The Morgan fingerprint density at radius 2 is 1.56 bits per heavy atom. The molecule has 0 fully saturated rings. The van der Waals surface area contributed by atoms with E-state index in [1.54, 1.807) is 24.3 Å². The molecule has 0 bridgehead atoms. The number of sulfonamides is 2. The van der Waals surface area contributed by atoms with Crippen LogP contribution in [0.5, 0.6) is 5.75 Å². The van der Waals surface area contributed by atoms with Crippen LogP contribution in [0.1, 0.15) is 12.5 Å². The molecule has 0 heterocycles. The Balaban J connectivity index is 1.95. The maximum atomic E-state index is 12.6. The van der Waals surface area contributed by atoms with E-state index in [0.717, 1.165) is 20.4 Å². The van der Waals surface area contributed by atoms with Crippen molar-refractivity contribution in [2.45, 2.75) is 24.8 Å². The van der Waals surface area contributed by atoms with Crippen LogP contribution in [0, 0.1) is 6.92 Å². The summed E-state index contributed by atoms with van der Waals surface area (Å²) in [4.78, 5) is 12.7. The molecule has 0 saturated carbocycles. The third-order valence-corrected chi connectivity index (χ3v) is 7.72. The minimum atomic E-state index is -3.68. The fourth-order valence-electron chi connectivity index (χ4n) is 2.91. The third-order valence-electron chi connectivity index (χ3n) is 4.65. The molecule has 0 radical (unpaired) electrons. The number of aryl methyl sites for hydroxylation is 1. The highest BCUT2D eigenvalue weighted by molar-refractivity contribution is 7.92. The van der Waals surface area contributed by atoms with Gasteiger partial charge in [-0.15, -0.1) is 0 Å². The van der Waals surface area contributed by atoms with Crippen molar-refractivity contribution in [2.24, 2.45) is 0 Å². The molecular formula is C21H29N3O6S2. The van der Waals surface area contributed by atoms with Crippen molar-refractivity contribution in [2.75, 3.05) is 37.8 Å². The zero-order chi connectivity index (χ0) is 24.1. The fourth-order valence-corrected chi connectivity index (χ4v) is 4.99. The Morgan fingerprint density at radius 3 is 2.06 bits per heavy atom. The molecule has 0 aliphatic carbocycles. The van der Waals surface area contributed by atoms with E-state index in [2.05, 4.69) is 5.32 Å². The topological polar surface area (TPSA) is 113 Å². The summed E-state index contributed by atoms with van der Waals surface area (Å²) >= 11 is 0. The highest BCUT2D eigenvalue weighted by atomic mass is 32.2. The first-order valence-corrected chi connectivity index (χ1v) is 13.1. The van der Waals surface area contributed by atoms with Gasteiger partial charge in [0.2, 0.25) is 26.0 Å². The quantitative estimate of drug-likeness (QED) is 0.514. The van der Waals surface area contributed by atoms with Gasteiger partial charge in [-0.1, -0.05) is 17.7 Å². The van der Waals surface area contributed by atoms with Gasteiger partial charge in [0.15, 0.2) is 0 Å². The second kappa shape index (κ2) is 10.3. The molecule has 2 aromatic carbocycles. The van der Waals surface area contributed by atoms with Crippen molar-refractivity contribution in [1.82, 2.24) is 9.62 Å². The average Bonchev–Trinajstić information content (AvgIpc) is 2.71. The fraction of sp³-hybridized carbons (Fsp3) is 0.381. The van der Waals surface area contributed by atoms with Crippen LogP contribution in [0.25, 0.3) is 0 Å². The lowest BCUT2D eigenvalue weighted by Crippen LogP contribution is -2.48. The molecule has 11 heteroatoms. The van der Waals surface area contributed by atoms with Crippen molar-refractivity contribution in [3.63, 3.8) is 0 Å². The Morgan fingerprint density at radius 1 is 1.00 bits per heavy atom. The van der Waals surface area contributed by atoms with Crippen LogP contribution in [0.4, 0.5) is 5.69 Å². The maximum Gasteiger partial charge on any atom is 0.243 e. The number of benzene rings is 2. The first kappa shape index (κ1) is 25.6. The summed E-state index contributed by atoms with van der Waals surface area (Å²) in [5.74, 6) is -0.0190. The number of hydrogen-bond acceptors (Lipinski definition) is 6. The predicted molar refractivity (Wildman–Crippen MR) is 124 cm³/mol. The largest absolute Gasteiger partial charge is 0.492 e. The molecule has 1 atom stereocenters. The van der Waals surface area contributed by atoms with Gasteiger partial charge in [-0.2, -0.15) is 0 Å². The van der Waals surface area contributed by atoms with Crippen molar-refractivity contribution in [3.05, 3.63) is 54.1 Å². The molecule has 2 aromatic rings. The van der Waals surface area contributed by atoms with Gasteiger partial charge in [0.1, 0.15) is 18.4 Å². The molecule has 1 amide bonds. The van der Waals surface area contributed by atoms with Crippen LogP contribution in [-0.2, 0) is 24.8 Å². The maximum absolute atomic E-state index is 12.6. The van der Waals surface area contributed by atoms with Gasteiger partial charge < -0.3 is 10.1 Å². The minimum absolute atomic E-state index is 0.127. The van der Waals surface area contributed by atoms with E-state index in [4.69, 9.17) is 4.74 Å². The van der Waals surface area contributed by atoms with Crippen LogP contribution in [0.2, 0.25) is 0 Å². The van der Waals surface area contributed by atoms with Gasteiger partial charge in [-0.05, 0) is 50.2 Å². The second-order valence-corrected chi connectivity index (χ2v) is 11.5. The van der Waals surface area contributed by atoms with E-state index >= 15 is 0 Å². The van der Waals surface area contributed by atoms with Crippen molar-refractivity contribution >= 4 is 31.6 Å². The van der Waals surface area contributed by atoms with Crippen LogP contribution < -0.4 is 14.4 Å².